The molecule has 1 heterocycles. The Morgan fingerprint density at radius 1 is 1.79 bits per heavy atom. The molecule has 0 aliphatic rings. The number of carboxylic acids is 1. The summed E-state index contributed by atoms with van der Waals surface area (Å²) >= 11 is 5.71. The fourth-order valence-corrected chi connectivity index (χ4v) is 1.29. The van der Waals surface area contributed by atoms with Gasteiger partial charge in [-0.15, -0.1) is 0 Å². The molecule has 0 fully saturated rings. The lowest BCUT2D eigenvalue weighted by atomic mass is 10.1. The predicted molar refractivity (Wildman–Crippen MR) is 53.3 cm³/mol. The fraction of sp³-hybridized carbons (Fsp3) is 0.333. The third-order valence-corrected chi connectivity index (χ3v) is 2.09. The molecule has 5 heteroatoms. The minimum absolute atomic E-state index is 0.221. The summed E-state index contributed by atoms with van der Waals surface area (Å²) in [6.07, 6.45) is 1.71. The molecule has 1 rings (SSSR count). The van der Waals surface area contributed by atoms with E-state index in [0.717, 1.165) is 5.56 Å². The Balaban J connectivity index is 2.82. The van der Waals surface area contributed by atoms with Crippen molar-refractivity contribution in [2.24, 2.45) is 5.73 Å². The van der Waals surface area contributed by atoms with Crippen molar-refractivity contribution in [3.8, 4) is 0 Å². The molecule has 14 heavy (non-hydrogen) atoms. The van der Waals surface area contributed by atoms with E-state index in [1.807, 2.05) is 6.92 Å². The highest BCUT2D eigenvalue weighted by Crippen LogP contribution is 2.13. The maximum absolute atomic E-state index is 10.5. The molecule has 0 saturated carbocycles. The van der Waals surface area contributed by atoms with Gasteiger partial charge in [0.15, 0.2) is 0 Å². The minimum Gasteiger partial charge on any atom is -0.480 e. The van der Waals surface area contributed by atoms with Crippen LogP contribution < -0.4 is 5.73 Å². The van der Waals surface area contributed by atoms with Crippen LogP contribution in [0.1, 0.15) is 11.3 Å². The molecule has 1 aromatic rings. The molecule has 1 aromatic heterocycles. The van der Waals surface area contributed by atoms with Crippen molar-refractivity contribution >= 4 is 17.6 Å². The lowest BCUT2D eigenvalue weighted by Gasteiger charge is -2.08. The number of aliphatic carboxylic acids is 1. The van der Waals surface area contributed by atoms with E-state index in [9.17, 15) is 4.79 Å². The van der Waals surface area contributed by atoms with Gasteiger partial charge in [0.2, 0.25) is 0 Å². The number of hydrogen-bond acceptors (Lipinski definition) is 3. The maximum atomic E-state index is 10.5. The molecule has 0 amide bonds. The van der Waals surface area contributed by atoms with Crippen molar-refractivity contribution in [3.05, 3.63) is 28.5 Å². The van der Waals surface area contributed by atoms with Crippen molar-refractivity contribution in [1.29, 1.82) is 0 Å². The summed E-state index contributed by atoms with van der Waals surface area (Å²) in [4.78, 5) is 14.5. The van der Waals surface area contributed by atoms with Gasteiger partial charge in [-0.3, -0.25) is 9.78 Å². The normalized spacial score (nSPS) is 12.5. The predicted octanol–water partition coefficient (Wildman–Crippen LogP) is 0.998. The molecule has 0 aliphatic heterocycles. The topological polar surface area (TPSA) is 76.2 Å². The Morgan fingerprint density at radius 2 is 2.43 bits per heavy atom. The van der Waals surface area contributed by atoms with Crippen molar-refractivity contribution in [3.63, 3.8) is 0 Å². The second kappa shape index (κ2) is 4.39. The third kappa shape index (κ3) is 2.68. The van der Waals surface area contributed by atoms with Gasteiger partial charge >= 0.3 is 5.97 Å². The van der Waals surface area contributed by atoms with Crippen molar-refractivity contribution < 1.29 is 9.90 Å². The van der Waals surface area contributed by atoms with E-state index >= 15 is 0 Å². The number of pyridine rings is 1. The molecule has 0 spiro atoms. The van der Waals surface area contributed by atoms with Crippen LogP contribution in [-0.4, -0.2) is 22.1 Å². The van der Waals surface area contributed by atoms with Gasteiger partial charge in [0.25, 0.3) is 0 Å². The molecular weight excluding hydrogens is 204 g/mol. The van der Waals surface area contributed by atoms with E-state index in [2.05, 4.69) is 4.98 Å². The van der Waals surface area contributed by atoms with Crippen LogP contribution in [0, 0.1) is 6.92 Å². The Labute approximate surface area is 86.7 Å². The summed E-state index contributed by atoms with van der Waals surface area (Å²) in [6, 6.07) is 0.820. The quantitative estimate of drug-likeness (QED) is 0.787. The highest BCUT2D eigenvalue weighted by Gasteiger charge is 2.14. The number of carboxylic acid groups (broad SMARTS) is 1. The summed E-state index contributed by atoms with van der Waals surface area (Å²) < 4.78 is 0. The number of aryl methyl sites for hydroxylation is 1. The molecule has 0 aromatic carbocycles. The number of rotatable bonds is 3. The molecule has 1 unspecified atom stereocenters. The van der Waals surface area contributed by atoms with Crippen LogP contribution in [0.2, 0.25) is 5.02 Å². The van der Waals surface area contributed by atoms with E-state index in [0.29, 0.717) is 10.7 Å². The van der Waals surface area contributed by atoms with Crippen LogP contribution in [0.4, 0.5) is 0 Å². The Morgan fingerprint density at radius 3 is 2.93 bits per heavy atom. The van der Waals surface area contributed by atoms with Gasteiger partial charge in [-0.2, -0.15) is 0 Å². The maximum Gasteiger partial charge on any atom is 0.320 e. The molecule has 76 valence electrons. The highest BCUT2D eigenvalue weighted by molar-refractivity contribution is 6.30. The van der Waals surface area contributed by atoms with Crippen LogP contribution in [0.5, 0.6) is 0 Å². The van der Waals surface area contributed by atoms with Crippen LogP contribution >= 0.6 is 11.6 Å². The molecule has 0 bridgehead atoms. The van der Waals surface area contributed by atoms with Gasteiger partial charge in [-0.1, -0.05) is 11.6 Å². The lowest BCUT2D eigenvalue weighted by Crippen LogP contribution is -2.32. The zero-order valence-electron chi connectivity index (χ0n) is 7.70. The average Bonchev–Trinajstić information content (AvgIpc) is 2.09. The van der Waals surface area contributed by atoms with Gasteiger partial charge in [0.05, 0.1) is 5.02 Å². The van der Waals surface area contributed by atoms with Gasteiger partial charge in [-0.25, -0.2) is 0 Å². The first kappa shape index (κ1) is 10.9. The number of carbonyl (C=O) groups is 1. The molecule has 3 N–H and O–H groups in total. The summed E-state index contributed by atoms with van der Waals surface area (Å²) in [5, 5.41) is 9.15. The van der Waals surface area contributed by atoms with Crippen molar-refractivity contribution in [2.75, 3.05) is 0 Å². The zero-order valence-corrected chi connectivity index (χ0v) is 8.45. The number of hydrogen-bond donors (Lipinski definition) is 2. The van der Waals surface area contributed by atoms with Gasteiger partial charge < -0.3 is 10.8 Å². The van der Waals surface area contributed by atoms with Crippen LogP contribution in [-0.2, 0) is 11.2 Å². The largest absolute Gasteiger partial charge is 0.480 e. The lowest BCUT2D eigenvalue weighted by molar-refractivity contribution is -0.138. The van der Waals surface area contributed by atoms with Crippen LogP contribution in [0.3, 0.4) is 0 Å². The zero-order chi connectivity index (χ0) is 10.7. The third-order valence-electron chi connectivity index (χ3n) is 1.88. The summed E-state index contributed by atoms with van der Waals surface area (Å²) in [7, 11) is 0. The van der Waals surface area contributed by atoms with E-state index in [1.54, 1.807) is 6.07 Å². The number of nitrogens with zero attached hydrogens (tertiary/aromatic N) is 1. The molecule has 0 radical (unpaired) electrons. The van der Waals surface area contributed by atoms with Crippen molar-refractivity contribution in [2.45, 2.75) is 19.4 Å². The van der Waals surface area contributed by atoms with E-state index in [1.165, 1.54) is 6.20 Å². The first-order chi connectivity index (χ1) is 6.50. The second-order valence-electron chi connectivity index (χ2n) is 3.07. The van der Waals surface area contributed by atoms with Gasteiger partial charge in [0.1, 0.15) is 6.04 Å². The smallest absolute Gasteiger partial charge is 0.320 e. The van der Waals surface area contributed by atoms with E-state index in [4.69, 9.17) is 22.4 Å². The molecular formula is C9H11ClN2O2. The number of aromatic nitrogens is 1. The van der Waals surface area contributed by atoms with E-state index < -0.39 is 12.0 Å². The SMILES string of the molecule is Cc1cc(Cl)cnc1CC(N)C(=O)O. The standard InChI is InChI=1S/C9H11ClN2O2/c1-5-2-6(10)4-12-8(5)3-7(11)9(13)14/h2,4,7H,3,11H2,1H3,(H,13,14). The molecule has 0 saturated heterocycles. The van der Waals surface area contributed by atoms with Crippen LogP contribution in [0.25, 0.3) is 0 Å². The van der Waals surface area contributed by atoms with Gasteiger partial charge in [-0.05, 0) is 18.6 Å². The summed E-state index contributed by atoms with van der Waals surface area (Å²) in [6.45, 7) is 1.82. The van der Waals surface area contributed by atoms with Crippen molar-refractivity contribution in [1.82, 2.24) is 4.98 Å². The second-order valence-corrected chi connectivity index (χ2v) is 3.50. The first-order valence-corrected chi connectivity index (χ1v) is 4.48. The fourth-order valence-electron chi connectivity index (χ4n) is 1.08. The highest BCUT2D eigenvalue weighted by atomic mass is 35.5. The minimum atomic E-state index is -1.03. The number of nitrogens with two attached hydrogens (primary N) is 1. The Kier molecular flexibility index (Phi) is 3.43. The summed E-state index contributed by atoms with van der Waals surface area (Å²) in [5.74, 6) is -1.03. The van der Waals surface area contributed by atoms with E-state index in [-0.39, 0.29) is 6.42 Å². The monoisotopic (exact) mass is 214 g/mol. The molecule has 4 nitrogen and oxygen atoms in total. The molecule has 1 atom stereocenters. The average molecular weight is 215 g/mol. The summed E-state index contributed by atoms with van der Waals surface area (Å²) in [5.41, 5.74) is 6.91. The first-order valence-electron chi connectivity index (χ1n) is 4.10. The Bertz CT molecular complexity index is 355. The number of halogens is 1. The molecule has 0 aliphatic carbocycles. The van der Waals surface area contributed by atoms with Crippen LogP contribution in [0.15, 0.2) is 12.3 Å². The van der Waals surface area contributed by atoms with Gasteiger partial charge in [0, 0.05) is 18.3 Å². The Hall–Kier alpha value is -1.13.